The molecule has 0 saturated carbocycles. The van der Waals surface area contributed by atoms with E-state index in [1.54, 1.807) is 0 Å². The van der Waals surface area contributed by atoms with Crippen molar-refractivity contribution >= 4 is 18.4 Å². The highest BCUT2D eigenvalue weighted by atomic mass is 32.2. The molecule has 1 fully saturated rings. The van der Waals surface area contributed by atoms with Crippen molar-refractivity contribution in [2.75, 3.05) is 6.61 Å². The van der Waals surface area contributed by atoms with E-state index in [0.717, 1.165) is 16.0 Å². The van der Waals surface area contributed by atoms with Crippen LogP contribution in [0.1, 0.15) is 27.0 Å². The quantitative estimate of drug-likeness (QED) is 0.404. The zero-order chi connectivity index (χ0) is 22.7. The molecule has 1 saturated heterocycles. The zero-order valence-electron chi connectivity index (χ0n) is 17.4. The molecular formula is C17H27N3O8SSi. The zero-order valence-corrected chi connectivity index (χ0v) is 19.2. The molecule has 0 radical (unpaired) electrons. The number of H-pyrrole nitrogens is 1. The summed E-state index contributed by atoms with van der Waals surface area (Å²) in [6.07, 6.45) is -2.41. The summed E-state index contributed by atoms with van der Waals surface area (Å²) in [5, 5.41) is 10.4. The molecule has 2 aliphatic heterocycles. The van der Waals surface area contributed by atoms with Crippen LogP contribution in [0.25, 0.3) is 0 Å². The van der Waals surface area contributed by atoms with E-state index in [0.29, 0.717) is 0 Å². The van der Waals surface area contributed by atoms with Crippen LogP contribution in [0.15, 0.2) is 33.0 Å². The molecule has 168 valence electrons. The molecule has 3 rings (SSSR count). The molecule has 0 aliphatic carbocycles. The Balaban J connectivity index is 2.22. The number of nitrogens with one attached hydrogen (secondary N) is 1. The molecule has 0 amide bonds. The van der Waals surface area contributed by atoms with Crippen LogP contribution in [0.4, 0.5) is 0 Å². The first kappa shape index (κ1) is 22.9. The topological polar surface area (TPSA) is 163 Å². The van der Waals surface area contributed by atoms with E-state index in [1.165, 1.54) is 6.20 Å². The third kappa shape index (κ3) is 3.59. The van der Waals surface area contributed by atoms with Crippen molar-refractivity contribution < 1.29 is 26.9 Å². The van der Waals surface area contributed by atoms with Crippen LogP contribution in [0.3, 0.4) is 0 Å². The number of hydrogen-bond donors (Lipinski definition) is 3. The van der Waals surface area contributed by atoms with Crippen molar-refractivity contribution in [1.29, 1.82) is 0 Å². The SMILES string of the molecule is CC(C)(C)[Si](C)(C)O[C@H]1[C@H](n2ccc(=O)[nH]c2=O)O[C@H](CO)[C@]12OS(=O)(=O)C=C2N. The maximum absolute atomic E-state index is 12.5. The van der Waals surface area contributed by atoms with Gasteiger partial charge in [-0.05, 0) is 18.1 Å². The van der Waals surface area contributed by atoms with E-state index in [-0.39, 0.29) is 10.7 Å². The lowest BCUT2D eigenvalue weighted by atomic mass is 9.89. The fraction of sp³-hybridized carbons (Fsp3) is 0.647. The van der Waals surface area contributed by atoms with E-state index in [4.69, 9.17) is 19.1 Å². The monoisotopic (exact) mass is 461 g/mol. The van der Waals surface area contributed by atoms with Crippen molar-refractivity contribution in [3.8, 4) is 0 Å². The van der Waals surface area contributed by atoms with Crippen LogP contribution in [-0.2, 0) is 23.5 Å². The number of aromatic amines is 1. The van der Waals surface area contributed by atoms with Crippen molar-refractivity contribution in [1.82, 2.24) is 9.55 Å². The fourth-order valence-electron chi connectivity index (χ4n) is 3.36. The second-order valence-electron chi connectivity index (χ2n) is 8.96. The molecule has 4 atom stereocenters. The van der Waals surface area contributed by atoms with E-state index < -0.39 is 60.3 Å². The van der Waals surface area contributed by atoms with Crippen LogP contribution in [-0.4, -0.2) is 55.8 Å². The van der Waals surface area contributed by atoms with Crippen LogP contribution in [0.5, 0.6) is 0 Å². The number of nitrogens with zero attached hydrogens (tertiary/aromatic N) is 1. The molecule has 0 bridgehead atoms. The van der Waals surface area contributed by atoms with Gasteiger partial charge in [-0.25, -0.2) is 8.98 Å². The molecular weight excluding hydrogens is 434 g/mol. The Morgan fingerprint density at radius 3 is 2.47 bits per heavy atom. The molecule has 1 aromatic rings. The number of nitrogens with two attached hydrogens (primary N) is 1. The van der Waals surface area contributed by atoms with Crippen molar-refractivity contribution in [2.24, 2.45) is 5.73 Å². The molecule has 30 heavy (non-hydrogen) atoms. The minimum absolute atomic E-state index is 0.190. The Morgan fingerprint density at radius 2 is 2.00 bits per heavy atom. The van der Waals surface area contributed by atoms with Gasteiger partial charge in [0.1, 0.15) is 12.2 Å². The second-order valence-corrected chi connectivity index (χ2v) is 15.1. The lowest BCUT2D eigenvalue weighted by Gasteiger charge is -2.43. The minimum Gasteiger partial charge on any atom is -0.406 e. The minimum atomic E-state index is -4.16. The maximum Gasteiger partial charge on any atom is 0.330 e. The standard InChI is InChI=1S/C17H27N3O8SSi/c1-16(2,3)30(4,5)27-13-14(20-7-6-12(22)19-15(20)23)26-11(8-21)17(13)10(18)9-29(24,25)28-17/h6-7,9,11,13-14,21H,8,18H2,1-5H3,(H,19,22,23)/t11-,13+,14-,17+/m1/s1. The smallest absolute Gasteiger partial charge is 0.330 e. The Bertz CT molecular complexity index is 1090. The van der Waals surface area contributed by atoms with E-state index >= 15 is 0 Å². The first-order valence-electron chi connectivity index (χ1n) is 9.33. The lowest BCUT2D eigenvalue weighted by Crippen LogP contribution is -2.58. The van der Waals surface area contributed by atoms with Gasteiger partial charge in [0, 0.05) is 12.3 Å². The average molecular weight is 462 g/mol. The third-order valence-corrected chi connectivity index (χ3v) is 11.5. The Labute approximate surface area is 174 Å². The maximum atomic E-state index is 12.5. The normalized spacial score (nSPS) is 31.3. The predicted octanol–water partition coefficient (Wildman–Crippen LogP) is -0.284. The summed E-state index contributed by atoms with van der Waals surface area (Å²) in [7, 11) is -6.76. The number of aliphatic hydroxyl groups is 1. The summed E-state index contributed by atoms with van der Waals surface area (Å²) in [5.41, 5.74) is 2.65. The second kappa shape index (κ2) is 7.14. The largest absolute Gasteiger partial charge is 0.406 e. The molecule has 2 aliphatic rings. The summed E-state index contributed by atoms with van der Waals surface area (Å²) < 4.78 is 43.3. The highest BCUT2D eigenvalue weighted by Gasteiger charge is 2.66. The Kier molecular flexibility index (Phi) is 5.45. The molecule has 13 heteroatoms. The van der Waals surface area contributed by atoms with Gasteiger partial charge < -0.3 is 20.0 Å². The molecule has 11 nitrogen and oxygen atoms in total. The van der Waals surface area contributed by atoms with E-state index in [9.17, 15) is 23.1 Å². The van der Waals surface area contributed by atoms with Crippen LogP contribution < -0.4 is 17.0 Å². The average Bonchev–Trinajstić information content (AvgIpc) is 3.00. The highest BCUT2D eigenvalue weighted by molar-refractivity contribution is 7.90. The van der Waals surface area contributed by atoms with Gasteiger partial charge in [-0.15, -0.1) is 0 Å². The van der Waals surface area contributed by atoms with Crippen molar-refractivity contribution in [2.45, 2.75) is 62.9 Å². The van der Waals surface area contributed by atoms with Gasteiger partial charge in [-0.2, -0.15) is 8.42 Å². The summed E-state index contributed by atoms with van der Waals surface area (Å²) in [6.45, 7) is 9.18. The third-order valence-electron chi connectivity index (χ3n) is 5.96. The van der Waals surface area contributed by atoms with Crippen LogP contribution >= 0.6 is 0 Å². The fourth-order valence-corrected chi connectivity index (χ4v) is 5.86. The summed E-state index contributed by atoms with van der Waals surface area (Å²) in [4.78, 5) is 26.1. The van der Waals surface area contributed by atoms with Gasteiger partial charge in [-0.3, -0.25) is 14.3 Å². The molecule has 3 heterocycles. The Morgan fingerprint density at radius 1 is 1.37 bits per heavy atom. The van der Waals surface area contributed by atoms with Crippen LogP contribution in [0, 0.1) is 0 Å². The number of rotatable bonds is 4. The van der Waals surface area contributed by atoms with E-state index in [1.807, 2.05) is 33.9 Å². The van der Waals surface area contributed by atoms with Crippen molar-refractivity contribution in [3.05, 3.63) is 44.2 Å². The highest BCUT2D eigenvalue weighted by Crippen LogP contribution is 2.51. The number of aliphatic hydroxyl groups excluding tert-OH is 1. The van der Waals surface area contributed by atoms with Crippen molar-refractivity contribution in [3.63, 3.8) is 0 Å². The number of ether oxygens (including phenoxy) is 1. The lowest BCUT2D eigenvalue weighted by molar-refractivity contribution is -0.0587. The van der Waals surface area contributed by atoms with Gasteiger partial charge in [0.15, 0.2) is 20.1 Å². The first-order valence-corrected chi connectivity index (χ1v) is 13.7. The predicted molar refractivity (Wildman–Crippen MR) is 109 cm³/mol. The van der Waals surface area contributed by atoms with Gasteiger partial charge in [0.2, 0.25) is 0 Å². The molecule has 0 unspecified atom stereocenters. The number of hydrogen-bond acceptors (Lipinski definition) is 9. The summed E-state index contributed by atoms with van der Waals surface area (Å²) in [6, 6.07) is 1.12. The van der Waals surface area contributed by atoms with Gasteiger partial charge in [0.05, 0.1) is 17.7 Å². The van der Waals surface area contributed by atoms with Gasteiger partial charge in [-0.1, -0.05) is 20.8 Å². The Hall–Kier alpha value is -1.77. The molecule has 1 aromatic heterocycles. The summed E-state index contributed by atoms with van der Waals surface area (Å²) >= 11 is 0. The molecule has 1 spiro atoms. The van der Waals surface area contributed by atoms with Gasteiger partial charge in [0.25, 0.3) is 15.7 Å². The molecule has 0 aromatic carbocycles. The molecule has 4 N–H and O–H groups in total. The van der Waals surface area contributed by atoms with Gasteiger partial charge >= 0.3 is 5.69 Å². The summed E-state index contributed by atoms with van der Waals surface area (Å²) in [5.74, 6) is 0. The number of aromatic nitrogens is 2. The van der Waals surface area contributed by atoms with Crippen LogP contribution in [0.2, 0.25) is 18.1 Å². The van der Waals surface area contributed by atoms with E-state index in [2.05, 4.69) is 4.98 Å². The first-order chi connectivity index (χ1) is 13.6.